The summed E-state index contributed by atoms with van der Waals surface area (Å²) in [5.74, 6) is -1.23. The van der Waals surface area contributed by atoms with Crippen molar-refractivity contribution in [3.8, 4) is 23.0 Å². The predicted molar refractivity (Wildman–Crippen MR) is 155 cm³/mol. The molecule has 45 heavy (non-hydrogen) atoms. The number of nitrogens with zero attached hydrogens (tertiary/aromatic N) is 5. The number of aryl methyl sites for hydroxylation is 1. The van der Waals surface area contributed by atoms with Crippen LogP contribution >= 0.6 is 11.6 Å². The lowest BCUT2D eigenvalue weighted by atomic mass is 9.98. The molecule has 5 atom stereocenters. The highest BCUT2D eigenvalue weighted by molar-refractivity contribution is 6.36. The topological polar surface area (TPSA) is 102 Å². The molecule has 4 aliphatic rings. The van der Waals surface area contributed by atoms with E-state index in [0.717, 1.165) is 18.9 Å². The Morgan fingerprint density at radius 2 is 1.98 bits per heavy atom. The lowest BCUT2D eigenvalue weighted by Crippen LogP contribution is -2.62. The lowest BCUT2D eigenvalue weighted by molar-refractivity contribution is -0.137. The van der Waals surface area contributed by atoms with Crippen molar-refractivity contribution in [2.45, 2.75) is 76.0 Å². The van der Waals surface area contributed by atoms with Crippen LogP contribution in [0.2, 0.25) is 5.02 Å². The average Bonchev–Trinajstić information content (AvgIpc) is 3.26. The quantitative estimate of drug-likeness (QED) is 0.347. The Labute approximate surface area is 259 Å². The minimum Gasteiger partial charge on any atom is -0.486 e. The summed E-state index contributed by atoms with van der Waals surface area (Å²) in [6.07, 6.45) is -5.61. The van der Waals surface area contributed by atoms with Gasteiger partial charge in [-0.15, -0.1) is 0 Å². The van der Waals surface area contributed by atoms with E-state index in [-0.39, 0.29) is 70.6 Å². The molecule has 3 fully saturated rings. The van der Waals surface area contributed by atoms with E-state index >= 15 is 4.39 Å². The first-order valence-corrected chi connectivity index (χ1v) is 15.1. The van der Waals surface area contributed by atoms with Crippen molar-refractivity contribution in [3.05, 3.63) is 28.0 Å². The number of anilines is 2. The van der Waals surface area contributed by atoms with E-state index in [1.165, 1.54) is 6.92 Å². The molecule has 4 aliphatic heterocycles. The van der Waals surface area contributed by atoms with Gasteiger partial charge in [0.15, 0.2) is 11.6 Å². The van der Waals surface area contributed by atoms with Gasteiger partial charge in [-0.05, 0) is 44.7 Å². The first kappa shape index (κ1) is 30.4. The first-order chi connectivity index (χ1) is 21.3. The molecular formula is C29H30ClF6N7O2. The number of nitrogen functional groups attached to an aromatic ring is 1. The third kappa shape index (κ3) is 5.07. The summed E-state index contributed by atoms with van der Waals surface area (Å²) < 4.78 is 98.2. The van der Waals surface area contributed by atoms with Crippen LogP contribution < -0.4 is 25.4 Å². The minimum atomic E-state index is -4.92. The number of ether oxygens (including phenoxy) is 2. The van der Waals surface area contributed by atoms with Crippen LogP contribution in [-0.2, 0) is 6.18 Å². The number of hydrogen-bond donors (Lipinski definition) is 2. The lowest BCUT2D eigenvalue weighted by Gasteiger charge is -2.43. The van der Waals surface area contributed by atoms with Gasteiger partial charge in [-0.3, -0.25) is 4.90 Å². The summed E-state index contributed by atoms with van der Waals surface area (Å²) in [5, 5.41) is 3.26. The SMILES string of the molecule is Cc1cc(N)nc(-c2c(Cl)c3c4c(nc(OC[C@@H]5CCN5CC(F)F)nc4c2F)N2C[C@H]4CC[C@H](N4)[C@H]2[C@H](C)O3)c1C(F)(F)F. The monoisotopic (exact) mass is 657 g/mol. The maximum atomic E-state index is 16.8. The summed E-state index contributed by atoms with van der Waals surface area (Å²) in [6.45, 7) is 3.56. The summed E-state index contributed by atoms with van der Waals surface area (Å²) in [7, 11) is 0. The molecule has 6 heterocycles. The minimum absolute atomic E-state index is 0.00140. The number of halogens is 7. The molecule has 1 aromatic carbocycles. The first-order valence-electron chi connectivity index (χ1n) is 14.7. The Morgan fingerprint density at radius 1 is 1.20 bits per heavy atom. The van der Waals surface area contributed by atoms with Crippen molar-refractivity contribution in [3.63, 3.8) is 0 Å². The van der Waals surface area contributed by atoms with Crippen LogP contribution in [-0.4, -0.2) is 82.8 Å². The van der Waals surface area contributed by atoms with Gasteiger partial charge in [-0.1, -0.05) is 11.6 Å². The fourth-order valence-electron chi connectivity index (χ4n) is 7.24. The second kappa shape index (κ2) is 10.9. The zero-order valence-electron chi connectivity index (χ0n) is 24.3. The Bertz CT molecular complexity index is 1680. The average molecular weight is 658 g/mol. The molecule has 3 aromatic rings. The third-order valence-corrected chi connectivity index (χ3v) is 9.63. The fraction of sp³-hybridized carbons (Fsp3) is 0.552. The molecule has 0 unspecified atom stereocenters. The van der Waals surface area contributed by atoms with Gasteiger partial charge in [0, 0.05) is 31.2 Å². The van der Waals surface area contributed by atoms with E-state index in [1.807, 2.05) is 11.8 Å². The second-order valence-corrected chi connectivity index (χ2v) is 12.5. The molecule has 7 rings (SSSR count). The number of hydrogen-bond acceptors (Lipinski definition) is 9. The molecule has 2 bridgehead atoms. The van der Waals surface area contributed by atoms with Crippen LogP contribution in [0, 0.1) is 12.7 Å². The van der Waals surface area contributed by atoms with Crippen molar-refractivity contribution >= 4 is 34.1 Å². The van der Waals surface area contributed by atoms with Gasteiger partial charge in [0.2, 0.25) is 0 Å². The van der Waals surface area contributed by atoms with Gasteiger partial charge in [-0.2, -0.15) is 23.1 Å². The molecular weight excluding hydrogens is 628 g/mol. The van der Waals surface area contributed by atoms with Crippen LogP contribution in [0.25, 0.3) is 22.2 Å². The van der Waals surface area contributed by atoms with Crippen LogP contribution in [0.1, 0.15) is 37.3 Å². The Hall–Kier alpha value is -3.30. The second-order valence-electron chi connectivity index (χ2n) is 12.1. The molecule has 242 valence electrons. The molecule has 0 amide bonds. The molecule has 0 aliphatic carbocycles. The number of aromatic nitrogens is 3. The van der Waals surface area contributed by atoms with Gasteiger partial charge in [-0.25, -0.2) is 18.2 Å². The van der Waals surface area contributed by atoms with Crippen molar-refractivity contribution in [1.82, 2.24) is 25.2 Å². The normalized spacial score (nSPS) is 26.1. The van der Waals surface area contributed by atoms with E-state index in [4.69, 9.17) is 26.8 Å². The number of nitrogens with two attached hydrogens (primary N) is 1. The number of fused-ring (bicyclic) bond motifs is 5. The smallest absolute Gasteiger partial charge is 0.418 e. The Morgan fingerprint density at radius 3 is 2.67 bits per heavy atom. The molecule has 9 nitrogen and oxygen atoms in total. The van der Waals surface area contributed by atoms with E-state index in [1.54, 1.807) is 4.90 Å². The molecule has 2 aromatic heterocycles. The zero-order valence-corrected chi connectivity index (χ0v) is 25.0. The van der Waals surface area contributed by atoms with E-state index in [2.05, 4.69) is 20.3 Å². The maximum Gasteiger partial charge on any atom is 0.418 e. The standard InChI is InChI=1S/C29H30ClF6N7O2/c1-11-7-17(37)39-23(20(11)29(34,35)36)18-21(30)26-19-24(22(18)33)40-28(44-10-14-5-6-42(14)9-16(31)32)41-27(19)43-8-13-3-4-15(38-13)25(43)12(2)45-26/h7,12-16,25,38H,3-6,8-10H2,1-2H3,(H2,37,39)/t12-,13+,14-,15-,25+/m0/s1. The highest BCUT2D eigenvalue weighted by Crippen LogP contribution is 2.52. The Balaban J connectivity index is 1.43. The number of rotatable bonds is 6. The fourth-order valence-corrected chi connectivity index (χ4v) is 7.55. The van der Waals surface area contributed by atoms with Crippen LogP contribution in [0.15, 0.2) is 6.07 Å². The number of benzene rings is 1. The largest absolute Gasteiger partial charge is 0.486 e. The molecule has 3 saturated heterocycles. The van der Waals surface area contributed by atoms with Gasteiger partial charge in [0.1, 0.15) is 29.9 Å². The molecule has 0 radical (unpaired) electrons. The summed E-state index contributed by atoms with van der Waals surface area (Å²) in [6, 6.07) is 0.331. The number of piperazine rings is 1. The molecule has 0 saturated carbocycles. The third-order valence-electron chi connectivity index (χ3n) is 9.26. The van der Waals surface area contributed by atoms with Crippen molar-refractivity contribution in [2.24, 2.45) is 0 Å². The van der Waals surface area contributed by atoms with Crippen molar-refractivity contribution < 1.29 is 35.8 Å². The van der Waals surface area contributed by atoms with Gasteiger partial charge >= 0.3 is 12.2 Å². The van der Waals surface area contributed by atoms with Gasteiger partial charge in [0.25, 0.3) is 6.43 Å². The van der Waals surface area contributed by atoms with Gasteiger partial charge in [0.05, 0.1) is 39.8 Å². The Kier molecular flexibility index (Phi) is 7.36. The van der Waals surface area contributed by atoms with Gasteiger partial charge < -0.3 is 25.4 Å². The molecule has 3 N–H and O–H groups in total. The van der Waals surface area contributed by atoms with E-state index in [0.29, 0.717) is 19.5 Å². The number of nitrogens with one attached hydrogen (secondary N) is 1. The predicted octanol–water partition coefficient (Wildman–Crippen LogP) is 5.20. The number of likely N-dealkylation sites (tertiary alicyclic amines) is 1. The molecule has 0 spiro atoms. The van der Waals surface area contributed by atoms with Crippen molar-refractivity contribution in [2.75, 3.05) is 36.9 Å². The summed E-state index contributed by atoms with van der Waals surface area (Å²) in [4.78, 5) is 16.5. The van der Waals surface area contributed by atoms with Crippen LogP contribution in [0.3, 0.4) is 0 Å². The summed E-state index contributed by atoms with van der Waals surface area (Å²) >= 11 is 6.80. The van der Waals surface area contributed by atoms with Crippen LogP contribution in [0.5, 0.6) is 11.8 Å². The van der Waals surface area contributed by atoms with Crippen LogP contribution in [0.4, 0.5) is 38.0 Å². The zero-order chi connectivity index (χ0) is 31.9. The highest BCUT2D eigenvalue weighted by atomic mass is 35.5. The summed E-state index contributed by atoms with van der Waals surface area (Å²) in [5.41, 5.74) is 2.58. The van der Waals surface area contributed by atoms with E-state index in [9.17, 15) is 22.0 Å². The highest BCUT2D eigenvalue weighted by Gasteiger charge is 2.48. The van der Waals surface area contributed by atoms with E-state index < -0.39 is 52.9 Å². The molecule has 16 heteroatoms. The number of pyridine rings is 1. The van der Waals surface area contributed by atoms with Crippen molar-refractivity contribution in [1.29, 1.82) is 0 Å². The maximum absolute atomic E-state index is 16.8. The number of alkyl halides is 5.